The number of anilines is 1. The molecule has 0 radical (unpaired) electrons. The fourth-order valence-electron chi connectivity index (χ4n) is 1.40. The van der Waals surface area contributed by atoms with Crippen molar-refractivity contribution in [2.24, 2.45) is 0 Å². The van der Waals surface area contributed by atoms with E-state index in [9.17, 15) is 4.79 Å². The minimum absolute atomic E-state index is 0.0834. The quantitative estimate of drug-likeness (QED) is 0.744. The molecule has 1 amide bonds. The number of aryl methyl sites for hydroxylation is 1. The Morgan fingerprint density at radius 1 is 1.53 bits per heavy atom. The lowest BCUT2D eigenvalue weighted by Gasteiger charge is -2.14. The van der Waals surface area contributed by atoms with Crippen LogP contribution in [-0.2, 0) is 0 Å². The predicted molar refractivity (Wildman–Crippen MR) is 62.8 cm³/mol. The summed E-state index contributed by atoms with van der Waals surface area (Å²) in [6.45, 7) is 5.90. The summed E-state index contributed by atoms with van der Waals surface area (Å²) in [5.74, 6) is -0.0834. The number of nitrogens with one attached hydrogen (secondary N) is 1. The first-order chi connectivity index (χ1) is 7.06. The zero-order valence-electron chi connectivity index (χ0n) is 9.50. The van der Waals surface area contributed by atoms with E-state index in [4.69, 9.17) is 5.73 Å². The third kappa shape index (κ3) is 2.72. The molecule has 0 aliphatic rings. The molecule has 0 aliphatic heterocycles. The van der Waals surface area contributed by atoms with Crippen LogP contribution in [0.15, 0.2) is 18.2 Å². The monoisotopic (exact) mass is 206 g/mol. The molecule has 0 heterocycles. The summed E-state index contributed by atoms with van der Waals surface area (Å²) < 4.78 is 0. The second-order valence-electron chi connectivity index (χ2n) is 3.82. The maximum atomic E-state index is 11.9. The van der Waals surface area contributed by atoms with Crippen molar-refractivity contribution in [3.05, 3.63) is 29.3 Å². The standard InChI is InChI=1S/C12H18N2O/c1-4-9(3)14-12(15)11-8(2)6-5-7-10(11)13/h5-7,9H,4,13H2,1-3H3,(H,14,15). The summed E-state index contributed by atoms with van der Waals surface area (Å²) in [4.78, 5) is 11.9. The molecule has 82 valence electrons. The molecule has 3 N–H and O–H groups in total. The Kier molecular flexibility index (Phi) is 3.72. The van der Waals surface area contributed by atoms with Crippen LogP contribution in [0.2, 0.25) is 0 Å². The van der Waals surface area contributed by atoms with Gasteiger partial charge in [0.15, 0.2) is 0 Å². The smallest absolute Gasteiger partial charge is 0.253 e. The molecular weight excluding hydrogens is 188 g/mol. The third-order valence-corrected chi connectivity index (χ3v) is 2.52. The van der Waals surface area contributed by atoms with Gasteiger partial charge in [-0.3, -0.25) is 4.79 Å². The highest BCUT2D eigenvalue weighted by Crippen LogP contribution is 2.16. The van der Waals surface area contributed by atoms with Crippen molar-refractivity contribution >= 4 is 11.6 Å². The molecule has 1 unspecified atom stereocenters. The highest BCUT2D eigenvalue weighted by Gasteiger charge is 2.13. The number of nitrogens with two attached hydrogens (primary N) is 1. The number of amides is 1. The van der Waals surface area contributed by atoms with Crippen molar-refractivity contribution < 1.29 is 4.79 Å². The minimum atomic E-state index is -0.0834. The van der Waals surface area contributed by atoms with E-state index in [1.54, 1.807) is 6.07 Å². The Morgan fingerprint density at radius 3 is 2.73 bits per heavy atom. The van der Waals surface area contributed by atoms with Crippen LogP contribution < -0.4 is 11.1 Å². The fraction of sp³-hybridized carbons (Fsp3) is 0.417. The van der Waals surface area contributed by atoms with Crippen molar-refractivity contribution in [2.45, 2.75) is 33.2 Å². The van der Waals surface area contributed by atoms with Crippen LogP contribution in [0.3, 0.4) is 0 Å². The third-order valence-electron chi connectivity index (χ3n) is 2.52. The average molecular weight is 206 g/mol. The first-order valence-electron chi connectivity index (χ1n) is 5.22. The van der Waals surface area contributed by atoms with E-state index in [2.05, 4.69) is 5.32 Å². The maximum Gasteiger partial charge on any atom is 0.253 e. The van der Waals surface area contributed by atoms with E-state index in [1.165, 1.54) is 0 Å². The first kappa shape index (κ1) is 11.6. The van der Waals surface area contributed by atoms with Crippen molar-refractivity contribution in [2.75, 3.05) is 5.73 Å². The summed E-state index contributed by atoms with van der Waals surface area (Å²) in [5.41, 5.74) is 7.82. The Hall–Kier alpha value is -1.51. The van der Waals surface area contributed by atoms with Crippen LogP contribution in [0.4, 0.5) is 5.69 Å². The molecule has 0 aromatic heterocycles. The first-order valence-corrected chi connectivity index (χ1v) is 5.22. The molecule has 0 aliphatic carbocycles. The SMILES string of the molecule is CCC(C)NC(=O)c1c(C)cccc1N. The zero-order valence-corrected chi connectivity index (χ0v) is 9.50. The molecule has 0 saturated heterocycles. The Bertz CT molecular complexity index is 340. The van der Waals surface area contributed by atoms with Gasteiger partial charge in [0.25, 0.3) is 5.91 Å². The van der Waals surface area contributed by atoms with Gasteiger partial charge in [0.05, 0.1) is 5.56 Å². The van der Waals surface area contributed by atoms with Crippen LogP contribution in [0, 0.1) is 6.92 Å². The molecule has 15 heavy (non-hydrogen) atoms. The normalized spacial score (nSPS) is 12.2. The largest absolute Gasteiger partial charge is 0.398 e. The summed E-state index contributed by atoms with van der Waals surface area (Å²) in [6, 6.07) is 5.67. The highest BCUT2D eigenvalue weighted by molar-refractivity contribution is 6.00. The number of nitrogen functional groups attached to an aromatic ring is 1. The second-order valence-corrected chi connectivity index (χ2v) is 3.82. The van der Waals surface area contributed by atoms with Gasteiger partial charge in [-0.25, -0.2) is 0 Å². The van der Waals surface area contributed by atoms with E-state index in [1.807, 2.05) is 32.9 Å². The molecule has 3 heteroatoms. The number of rotatable bonds is 3. The lowest BCUT2D eigenvalue weighted by Crippen LogP contribution is -2.32. The van der Waals surface area contributed by atoms with Crippen LogP contribution >= 0.6 is 0 Å². The van der Waals surface area contributed by atoms with Gasteiger partial charge >= 0.3 is 0 Å². The molecule has 0 bridgehead atoms. The van der Waals surface area contributed by atoms with Crippen molar-refractivity contribution in [1.29, 1.82) is 0 Å². The van der Waals surface area contributed by atoms with Gasteiger partial charge in [0.2, 0.25) is 0 Å². The molecule has 0 fully saturated rings. The van der Waals surface area contributed by atoms with E-state index in [0.717, 1.165) is 12.0 Å². The number of benzene rings is 1. The number of carbonyl (C=O) groups is 1. The molecule has 0 spiro atoms. The van der Waals surface area contributed by atoms with Gasteiger partial charge in [-0.05, 0) is 31.9 Å². The topological polar surface area (TPSA) is 55.1 Å². The summed E-state index contributed by atoms with van der Waals surface area (Å²) in [6.07, 6.45) is 0.914. The second kappa shape index (κ2) is 4.82. The van der Waals surface area contributed by atoms with Gasteiger partial charge in [-0.2, -0.15) is 0 Å². The number of hydrogen-bond acceptors (Lipinski definition) is 2. The lowest BCUT2D eigenvalue weighted by molar-refractivity contribution is 0.0939. The maximum absolute atomic E-state index is 11.9. The van der Waals surface area contributed by atoms with Crippen LogP contribution in [0.5, 0.6) is 0 Å². The van der Waals surface area contributed by atoms with E-state index >= 15 is 0 Å². The molecule has 1 atom stereocenters. The van der Waals surface area contributed by atoms with Crippen LogP contribution in [-0.4, -0.2) is 11.9 Å². The van der Waals surface area contributed by atoms with Crippen molar-refractivity contribution in [3.8, 4) is 0 Å². The molecular formula is C12H18N2O. The van der Waals surface area contributed by atoms with Gasteiger partial charge in [0, 0.05) is 11.7 Å². The molecule has 0 saturated carbocycles. The lowest BCUT2D eigenvalue weighted by atomic mass is 10.1. The summed E-state index contributed by atoms with van der Waals surface area (Å²) in [7, 11) is 0. The molecule has 3 nitrogen and oxygen atoms in total. The predicted octanol–water partition coefficient (Wildman–Crippen LogP) is 2.11. The van der Waals surface area contributed by atoms with Crippen molar-refractivity contribution in [3.63, 3.8) is 0 Å². The van der Waals surface area contributed by atoms with E-state index in [0.29, 0.717) is 11.3 Å². The van der Waals surface area contributed by atoms with Crippen LogP contribution in [0.25, 0.3) is 0 Å². The Labute approximate surface area is 90.7 Å². The van der Waals surface area contributed by atoms with Crippen molar-refractivity contribution in [1.82, 2.24) is 5.32 Å². The molecule has 1 rings (SSSR count). The molecule has 1 aromatic rings. The van der Waals surface area contributed by atoms with Gasteiger partial charge in [0.1, 0.15) is 0 Å². The van der Waals surface area contributed by atoms with Gasteiger partial charge in [-0.15, -0.1) is 0 Å². The highest BCUT2D eigenvalue weighted by atomic mass is 16.1. The Balaban J connectivity index is 2.91. The molecule has 1 aromatic carbocycles. The summed E-state index contributed by atoms with van der Waals surface area (Å²) >= 11 is 0. The average Bonchev–Trinajstić information content (AvgIpc) is 2.17. The van der Waals surface area contributed by atoms with Gasteiger partial charge in [-0.1, -0.05) is 19.1 Å². The van der Waals surface area contributed by atoms with E-state index < -0.39 is 0 Å². The van der Waals surface area contributed by atoms with Crippen LogP contribution in [0.1, 0.15) is 36.2 Å². The number of hydrogen-bond donors (Lipinski definition) is 2. The fourth-order valence-corrected chi connectivity index (χ4v) is 1.40. The summed E-state index contributed by atoms with van der Waals surface area (Å²) in [5, 5.41) is 2.91. The number of carbonyl (C=O) groups excluding carboxylic acids is 1. The Morgan fingerprint density at radius 2 is 2.20 bits per heavy atom. The zero-order chi connectivity index (χ0) is 11.4. The minimum Gasteiger partial charge on any atom is -0.398 e. The van der Waals surface area contributed by atoms with E-state index in [-0.39, 0.29) is 11.9 Å². The van der Waals surface area contributed by atoms with Gasteiger partial charge < -0.3 is 11.1 Å².